The summed E-state index contributed by atoms with van der Waals surface area (Å²) < 4.78 is 15.2. The van der Waals surface area contributed by atoms with Crippen LogP contribution in [0.3, 0.4) is 0 Å². The first-order valence-electron chi connectivity index (χ1n) is 12.0. The molecule has 3 aromatic heterocycles. The number of benzene rings is 1. The number of nitrogens with zero attached hydrogens (tertiary/aromatic N) is 7. The smallest absolute Gasteiger partial charge is 0.225 e. The van der Waals surface area contributed by atoms with Gasteiger partial charge in [0.05, 0.1) is 11.9 Å². The van der Waals surface area contributed by atoms with Crippen molar-refractivity contribution in [1.29, 1.82) is 5.41 Å². The van der Waals surface area contributed by atoms with Gasteiger partial charge in [0.15, 0.2) is 5.84 Å². The van der Waals surface area contributed by atoms with Crippen LogP contribution in [0, 0.1) is 11.2 Å². The van der Waals surface area contributed by atoms with Crippen molar-refractivity contribution in [2.24, 2.45) is 12.0 Å². The summed E-state index contributed by atoms with van der Waals surface area (Å²) in [4.78, 5) is 20.7. The van der Waals surface area contributed by atoms with Crippen LogP contribution in [0.5, 0.6) is 0 Å². The van der Waals surface area contributed by atoms with Gasteiger partial charge in [0.1, 0.15) is 17.8 Å². The van der Waals surface area contributed by atoms with Crippen molar-refractivity contribution in [3.05, 3.63) is 82.9 Å². The highest BCUT2D eigenvalue weighted by molar-refractivity contribution is 6.31. The first kappa shape index (κ1) is 25.6. The molecule has 1 aliphatic rings. The third-order valence-corrected chi connectivity index (χ3v) is 6.98. The number of anilines is 1. The zero-order chi connectivity index (χ0) is 26.9. The molecule has 1 saturated heterocycles. The van der Waals surface area contributed by atoms with E-state index < -0.39 is 11.4 Å². The molecule has 0 amide bonds. The van der Waals surface area contributed by atoms with Crippen molar-refractivity contribution >= 4 is 29.7 Å². The maximum Gasteiger partial charge on any atom is 0.225 e. The van der Waals surface area contributed by atoms with E-state index in [4.69, 9.17) is 17.0 Å². The number of aliphatic imine (C=N–C) groups is 1. The molecule has 3 N–H and O–H groups in total. The lowest BCUT2D eigenvalue weighted by Gasteiger charge is -2.36. The van der Waals surface area contributed by atoms with Gasteiger partial charge in [-0.2, -0.15) is 5.10 Å². The number of halogens is 2. The fourth-order valence-electron chi connectivity index (χ4n) is 4.54. The van der Waals surface area contributed by atoms with Gasteiger partial charge >= 0.3 is 0 Å². The molecule has 5 rings (SSSR count). The van der Waals surface area contributed by atoms with Crippen LogP contribution in [-0.2, 0) is 12.6 Å². The SMILES string of the molecule is Cn1cc(-c2c[nH]c(/C(=N\C=N)N3CCN(c4ncc([C@@](C)(O)c5ccc(F)cc5Cl)cn4)CC3)c2)cn1. The van der Waals surface area contributed by atoms with Crippen LogP contribution in [0.1, 0.15) is 23.7 Å². The van der Waals surface area contributed by atoms with E-state index in [0.29, 0.717) is 49.1 Å². The highest BCUT2D eigenvalue weighted by atomic mass is 35.5. The number of aliphatic hydroxyl groups is 1. The number of aromatic nitrogens is 5. The Hall–Kier alpha value is -4.09. The minimum Gasteiger partial charge on any atom is -0.381 e. The largest absolute Gasteiger partial charge is 0.381 e. The Morgan fingerprint density at radius 2 is 1.89 bits per heavy atom. The van der Waals surface area contributed by atoms with Crippen LogP contribution in [0.2, 0.25) is 5.02 Å². The highest BCUT2D eigenvalue weighted by Gasteiger charge is 2.30. The average Bonchev–Trinajstić information content (AvgIpc) is 3.56. The third kappa shape index (κ3) is 5.02. The Morgan fingerprint density at radius 3 is 2.53 bits per heavy atom. The van der Waals surface area contributed by atoms with Crippen molar-refractivity contribution in [3.8, 4) is 11.1 Å². The predicted octanol–water partition coefficient (Wildman–Crippen LogP) is 3.43. The second-order valence-corrected chi connectivity index (χ2v) is 9.64. The molecule has 1 aromatic carbocycles. The lowest BCUT2D eigenvalue weighted by atomic mass is 9.90. The van der Waals surface area contributed by atoms with Gasteiger partial charge in [0, 0.05) is 85.3 Å². The van der Waals surface area contributed by atoms with E-state index in [1.165, 1.54) is 18.2 Å². The number of amidine groups is 1. The maximum absolute atomic E-state index is 13.5. The van der Waals surface area contributed by atoms with Crippen molar-refractivity contribution in [3.63, 3.8) is 0 Å². The number of nitrogens with one attached hydrogen (secondary N) is 2. The van der Waals surface area contributed by atoms with Crippen LogP contribution in [0.4, 0.5) is 10.3 Å². The standard InChI is InChI=1S/C26H27ClFN9O/c1-26(38,21-4-3-20(28)10-22(21)27)19-13-31-25(32-14-19)37-7-5-36(6-8-37)24(33-16-29)23-9-17(11-30-23)18-12-34-35(2)15-18/h3-4,9-16,29-30,38H,5-8H2,1-2H3/b29-16?,33-24+/t26-/m1/s1. The Kier molecular flexibility index (Phi) is 6.96. The fourth-order valence-corrected chi connectivity index (χ4v) is 4.89. The Labute approximate surface area is 224 Å². The molecule has 0 unspecified atom stereocenters. The molecule has 0 aliphatic carbocycles. The van der Waals surface area contributed by atoms with Gasteiger partial charge in [-0.15, -0.1) is 0 Å². The molecule has 10 nitrogen and oxygen atoms in total. The van der Waals surface area contributed by atoms with E-state index in [2.05, 4.69) is 34.8 Å². The number of H-pyrrole nitrogens is 1. The highest BCUT2D eigenvalue weighted by Crippen LogP contribution is 2.34. The average molecular weight is 536 g/mol. The van der Waals surface area contributed by atoms with E-state index in [-0.39, 0.29) is 5.02 Å². The summed E-state index contributed by atoms with van der Waals surface area (Å²) in [5, 5.41) is 23.0. The molecule has 38 heavy (non-hydrogen) atoms. The number of hydrogen-bond donors (Lipinski definition) is 3. The summed E-state index contributed by atoms with van der Waals surface area (Å²) in [6, 6.07) is 5.89. The summed E-state index contributed by atoms with van der Waals surface area (Å²) in [6.07, 6.45) is 9.83. The lowest BCUT2D eigenvalue weighted by Crippen LogP contribution is -2.49. The van der Waals surface area contributed by atoms with Gasteiger partial charge in [-0.05, 0) is 25.1 Å². The van der Waals surface area contributed by atoms with Crippen LogP contribution in [0.15, 0.2) is 60.2 Å². The number of hydrogen-bond acceptors (Lipinski definition) is 6. The predicted molar refractivity (Wildman–Crippen MR) is 144 cm³/mol. The maximum atomic E-state index is 13.5. The molecule has 0 saturated carbocycles. The van der Waals surface area contributed by atoms with E-state index in [1.807, 2.05) is 25.5 Å². The molecular formula is C26H27ClFN9O. The minimum absolute atomic E-state index is 0.132. The molecular weight excluding hydrogens is 509 g/mol. The Bertz CT molecular complexity index is 1470. The van der Waals surface area contributed by atoms with Crippen LogP contribution in [-0.4, -0.2) is 73.1 Å². The zero-order valence-electron chi connectivity index (χ0n) is 20.9. The monoisotopic (exact) mass is 535 g/mol. The molecule has 1 aliphatic heterocycles. The summed E-state index contributed by atoms with van der Waals surface area (Å²) in [7, 11) is 1.87. The molecule has 1 fully saturated rings. The van der Waals surface area contributed by atoms with Gasteiger partial charge < -0.3 is 19.9 Å². The molecule has 4 aromatic rings. The molecule has 0 spiro atoms. The molecule has 0 bridgehead atoms. The van der Waals surface area contributed by atoms with Crippen molar-refractivity contribution in [2.75, 3.05) is 31.1 Å². The van der Waals surface area contributed by atoms with Crippen molar-refractivity contribution in [1.82, 2.24) is 29.6 Å². The third-order valence-electron chi connectivity index (χ3n) is 6.67. The molecule has 0 radical (unpaired) electrons. The van der Waals surface area contributed by atoms with Gasteiger partial charge in [-0.3, -0.25) is 10.1 Å². The number of aryl methyl sites for hydroxylation is 1. The van der Waals surface area contributed by atoms with Gasteiger partial charge in [0.25, 0.3) is 0 Å². The van der Waals surface area contributed by atoms with Crippen molar-refractivity contribution < 1.29 is 9.50 Å². The molecule has 12 heteroatoms. The van der Waals surface area contributed by atoms with Gasteiger partial charge in [-0.1, -0.05) is 17.7 Å². The molecule has 1 atom stereocenters. The zero-order valence-corrected chi connectivity index (χ0v) is 21.7. The second kappa shape index (κ2) is 10.3. The number of rotatable bonds is 6. The van der Waals surface area contributed by atoms with E-state index in [9.17, 15) is 9.50 Å². The topological polar surface area (TPSA) is 122 Å². The van der Waals surface area contributed by atoms with E-state index in [0.717, 1.165) is 23.2 Å². The van der Waals surface area contributed by atoms with Crippen LogP contribution >= 0.6 is 11.6 Å². The van der Waals surface area contributed by atoms with Crippen LogP contribution < -0.4 is 4.90 Å². The fraction of sp³-hybridized carbons (Fsp3) is 0.269. The quantitative estimate of drug-likeness (QED) is 0.257. The summed E-state index contributed by atoms with van der Waals surface area (Å²) in [5.41, 5.74) is 2.16. The molecule has 196 valence electrons. The number of piperazine rings is 1. The summed E-state index contributed by atoms with van der Waals surface area (Å²) >= 11 is 6.17. The molecule has 4 heterocycles. The van der Waals surface area contributed by atoms with E-state index >= 15 is 0 Å². The Morgan fingerprint density at radius 1 is 1.16 bits per heavy atom. The first-order valence-corrected chi connectivity index (χ1v) is 12.4. The van der Waals surface area contributed by atoms with Crippen molar-refractivity contribution in [2.45, 2.75) is 12.5 Å². The summed E-state index contributed by atoms with van der Waals surface area (Å²) in [6.45, 7) is 4.18. The first-order chi connectivity index (χ1) is 18.3. The minimum atomic E-state index is -1.48. The normalized spacial score (nSPS) is 16.0. The van der Waals surface area contributed by atoms with Gasteiger partial charge in [0.2, 0.25) is 5.95 Å². The van der Waals surface area contributed by atoms with Gasteiger partial charge in [-0.25, -0.2) is 19.4 Å². The number of aromatic amines is 1. The summed E-state index contributed by atoms with van der Waals surface area (Å²) in [5.74, 6) is 0.760. The Balaban J connectivity index is 1.27. The lowest BCUT2D eigenvalue weighted by molar-refractivity contribution is 0.101. The van der Waals surface area contributed by atoms with Crippen LogP contribution in [0.25, 0.3) is 11.1 Å². The van der Waals surface area contributed by atoms with E-state index in [1.54, 1.807) is 30.2 Å². The second-order valence-electron chi connectivity index (χ2n) is 9.23.